The maximum absolute atomic E-state index is 13.2. The van der Waals surface area contributed by atoms with Crippen LogP contribution in [-0.4, -0.2) is 54.6 Å². The molecule has 1 fully saturated rings. The van der Waals surface area contributed by atoms with Gasteiger partial charge in [0.05, 0.1) is 22.1 Å². The number of thiophene rings is 1. The zero-order valence-corrected chi connectivity index (χ0v) is 21.4. The van der Waals surface area contributed by atoms with Crippen molar-refractivity contribution in [1.82, 2.24) is 14.7 Å². The first-order valence-corrected chi connectivity index (χ1v) is 13.5. The molecule has 3 aromatic rings. The van der Waals surface area contributed by atoms with E-state index in [1.54, 1.807) is 5.38 Å². The van der Waals surface area contributed by atoms with E-state index in [2.05, 4.69) is 15.3 Å². The molecule has 10 nitrogen and oxygen atoms in total. The first-order valence-electron chi connectivity index (χ1n) is 11.2. The van der Waals surface area contributed by atoms with Crippen molar-refractivity contribution in [2.75, 3.05) is 12.4 Å². The third-order valence-electron chi connectivity index (χ3n) is 5.73. The van der Waals surface area contributed by atoms with E-state index < -0.39 is 46.1 Å². The van der Waals surface area contributed by atoms with Gasteiger partial charge in [0.25, 0.3) is 0 Å². The van der Waals surface area contributed by atoms with E-state index in [4.69, 9.17) is 8.92 Å². The molecule has 0 spiro atoms. The molecule has 1 aromatic carbocycles. The lowest BCUT2D eigenvalue weighted by molar-refractivity contribution is -0.139. The molecule has 0 radical (unpaired) electrons. The van der Waals surface area contributed by atoms with Crippen molar-refractivity contribution >= 4 is 33.2 Å². The molecular formula is C23H23F3N4O6S2. The molecule has 1 aliphatic rings. The average Bonchev–Trinajstić information content (AvgIpc) is 3.48. The van der Waals surface area contributed by atoms with Crippen LogP contribution in [0.2, 0.25) is 0 Å². The Balaban J connectivity index is 1.44. The molecule has 15 heteroatoms. The number of nitrogens with one attached hydrogen (secondary N) is 2. The van der Waals surface area contributed by atoms with Gasteiger partial charge in [0.2, 0.25) is 5.78 Å². The highest BCUT2D eigenvalue weighted by atomic mass is 32.2. The number of carbonyl (C=O) groups is 1. The number of ether oxygens (including phenoxy) is 1. The van der Waals surface area contributed by atoms with Crippen LogP contribution in [0.4, 0.5) is 19.0 Å². The Morgan fingerprint density at radius 2 is 2.03 bits per heavy atom. The van der Waals surface area contributed by atoms with Crippen LogP contribution in [0.1, 0.15) is 39.2 Å². The molecule has 0 aliphatic heterocycles. The molecule has 204 valence electrons. The number of hydrogen-bond donors (Lipinski definition) is 3. The van der Waals surface area contributed by atoms with Crippen LogP contribution in [0.25, 0.3) is 0 Å². The predicted octanol–water partition coefficient (Wildman–Crippen LogP) is 3.15. The Bertz CT molecular complexity index is 1400. The van der Waals surface area contributed by atoms with Gasteiger partial charge in [-0.25, -0.2) is 9.97 Å². The van der Waals surface area contributed by atoms with E-state index in [0.29, 0.717) is 10.4 Å². The van der Waals surface area contributed by atoms with Crippen LogP contribution in [0.15, 0.2) is 48.2 Å². The number of nitrogens with zero attached hydrogens (tertiary/aromatic N) is 2. The second-order valence-corrected chi connectivity index (χ2v) is 10.8. The molecule has 1 saturated carbocycles. The SMILES string of the molecule is CNS(=O)(=O)O[C@@H]1C[C@H](Nc2ncncc2C(=O)c2cc(COc3ccccc3C(F)(F)F)cs2)C[C@@H]1O. The van der Waals surface area contributed by atoms with Gasteiger partial charge < -0.3 is 15.2 Å². The molecule has 3 N–H and O–H groups in total. The summed E-state index contributed by atoms with van der Waals surface area (Å²) in [5, 5.41) is 14.9. The van der Waals surface area contributed by atoms with Gasteiger partial charge in [-0.2, -0.15) is 26.3 Å². The van der Waals surface area contributed by atoms with Crippen molar-refractivity contribution in [2.45, 2.75) is 43.9 Å². The third kappa shape index (κ3) is 6.66. The van der Waals surface area contributed by atoms with Gasteiger partial charge in [0.15, 0.2) is 0 Å². The molecule has 2 heterocycles. The number of hydrogen-bond acceptors (Lipinski definition) is 10. The van der Waals surface area contributed by atoms with Gasteiger partial charge in [-0.1, -0.05) is 12.1 Å². The van der Waals surface area contributed by atoms with Crippen LogP contribution in [0.5, 0.6) is 5.75 Å². The third-order valence-corrected chi connectivity index (χ3v) is 7.71. The summed E-state index contributed by atoms with van der Waals surface area (Å²) in [7, 11) is -2.81. The summed E-state index contributed by atoms with van der Waals surface area (Å²) in [4.78, 5) is 21.5. The minimum absolute atomic E-state index is 0.130. The summed E-state index contributed by atoms with van der Waals surface area (Å²) in [6.07, 6.45) is -3.76. The molecule has 4 rings (SSSR count). The zero-order valence-electron chi connectivity index (χ0n) is 19.8. The molecule has 0 saturated heterocycles. The molecule has 0 bridgehead atoms. The number of carbonyl (C=O) groups excluding carboxylic acids is 1. The maximum atomic E-state index is 13.2. The van der Waals surface area contributed by atoms with Gasteiger partial charge >= 0.3 is 16.5 Å². The normalized spacial score (nSPS) is 19.9. The van der Waals surface area contributed by atoms with Crippen LogP contribution < -0.4 is 14.8 Å². The van der Waals surface area contributed by atoms with Gasteiger partial charge in [-0.15, -0.1) is 11.3 Å². The Labute approximate surface area is 220 Å². The number of halogens is 3. The summed E-state index contributed by atoms with van der Waals surface area (Å²) in [6, 6.07) is 5.95. The Morgan fingerprint density at radius 3 is 2.76 bits per heavy atom. The summed E-state index contributed by atoms with van der Waals surface area (Å²) in [5.74, 6) is -0.556. The Kier molecular flexibility index (Phi) is 8.32. The van der Waals surface area contributed by atoms with E-state index >= 15 is 0 Å². The second-order valence-electron chi connectivity index (χ2n) is 8.39. The summed E-state index contributed by atoms with van der Waals surface area (Å²) < 4.78 is 75.3. The summed E-state index contributed by atoms with van der Waals surface area (Å²) >= 11 is 1.09. The van der Waals surface area contributed by atoms with Crippen molar-refractivity contribution in [2.24, 2.45) is 0 Å². The molecule has 0 unspecified atom stereocenters. The van der Waals surface area contributed by atoms with Gasteiger partial charge in [-0.05, 0) is 36.4 Å². The largest absolute Gasteiger partial charge is 0.488 e. The topological polar surface area (TPSA) is 140 Å². The summed E-state index contributed by atoms with van der Waals surface area (Å²) in [6.45, 7) is -0.176. The van der Waals surface area contributed by atoms with E-state index in [0.717, 1.165) is 17.4 Å². The number of aliphatic hydroxyl groups excluding tert-OH is 1. The van der Waals surface area contributed by atoms with E-state index in [1.165, 1.54) is 43.8 Å². The maximum Gasteiger partial charge on any atom is 0.419 e. The van der Waals surface area contributed by atoms with Crippen molar-refractivity contribution < 1.29 is 40.4 Å². The minimum Gasteiger partial charge on any atom is -0.488 e. The monoisotopic (exact) mass is 572 g/mol. The second kappa shape index (κ2) is 11.3. The zero-order chi connectivity index (χ0) is 27.5. The number of aliphatic hydroxyl groups is 1. The van der Waals surface area contributed by atoms with Gasteiger partial charge in [0.1, 0.15) is 30.6 Å². The molecule has 1 aliphatic carbocycles. The summed E-state index contributed by atoms with van der Waals surface area (Å²) in [5.41, 5.74) is -0.255. The fraction of sp³-hybridized carbons (Fsp3) is 0.348. The minimum atomic E-state index is -4.56. The van der Waals surface area contributed by atoms with E-state index in [-0.39, 0.29) is 36.6 Å². The highest BCUT2D eigenvalue weighted by Gasteiger charge is 2.37. The van der Waals surface area contributed by atoms with E-state index in [1.807, 2.05) is 4.72 Å². The van der Waals surface area contributed by atoms with Crippen LogP contribution in [0.3, 0.4) is 0 Å². The molecule has 2 aromatic heterocycles. The Morgan fingerprint density at radius 1 is 1.26 bits per heavy atom. The van der Waals surface area contributed by atoms with Gasteiger partial charge in [-0.3, -0.25) is 8.98 Å². The smallest absolute Gasteiger partial charge is 0.419 e. The van der Waals surface area contributed by atoms with Gasteiger partial charge in [0, 0.05) is 24.8 Å². The lowest BCUT2D eigenvalue weighted by atomic mass is 10.1. The molecule has 3 atom stereocenters. The molecule has 0 amide bonds. The number of anilines is 1. The fourth-order valence-corrected chi connectivity index (χ4v) is 5.38. The first-order chi connectivity index (χ1) is 18.0. The highest BCUT2D eigenvalue weighted by molar-refractivity contribution is 7.84. The number of benzene rings is 1. The number of ketones is 1. The van der Waals surface area contributed by atoms with E-state index in [9.17, 15) is 31.5 Å². The van der Waals surface area contributed by atoms with Crippen LogP contribution in [0, 0.1) is 0 Å². The van der Waals surface area contributed by atoms with Crippen molar-refractivity contribution in [3.63, 3.8) is 0 Å². The van der Waals surface area contributed by atoms with Crippen molar-refractivity contribution in [3.05, 3.63) is 69.8 Å². The molecule has 38 heavy (non-hydrogen) atoms. The average molecular weight is 573 g/mol. The van der Waals surface area contributed by atoms with Crippen LogP contribution in [-0.2, 0) is 27.3 Å². The Hall–Kier alpha value is -3.11. The van der Waals surface area contributed by atoms with Crippen molar-refractivity contribution in [3.8, 4) is 5.75 Å². The quantitative estimate of drug-likeness (QED) is 0.313. The predicted molar refractivity (Wildman–Crippen MR) is 131 cm³/mol. The number of aromatic nitrogens is 2. The molecular weight excluding hydrogens is 549 g/mol. The number of alkyl halides is 3. The number of rotatable bonds is 10. The van der Waals surface area contributed by atoms with Crippen molar-refractivity contribution in [1.29, 1.82) is 0 Å². The fourth-order valence-electron chi connectivity index (χ4n) is 3.90. The lowest BCUT2D eigenvalue weighted by Gasteiger charge is -2.15. The lowest BCUT2D eigenvalue weighted by Crippen LogP contribution is -2.31. The highest BCUT2D eigenvalue weighted by Crippen LogP contribution is 2.36. The standard InChI is InChI=1S/C23H23F3N4O6S2/c1-27-38(33,34)36-19-8-14(7-17(19)31)30-22-15(9-28-12-29-22)21(32)20-6-13(11-37-20)10-35-18-5-3-2-4-16(18)23(24,25)26/h2-6,9,11-12,14,17,19,27,31H,7-8,10H2,1H3,(H,28,29,30)/t14-,17+,19-/m1/s1. The number of para-hydroxylation sites is 1. The first kappa shape index (κ1) is 27.9. The van der Waals surface area contributed by atoms with Crippen LogP contribution >= 0.6 is 11.3 Å².